The molecule has 2 aliphatic heterocycles. The maximum Gasteiger partial charge on any atom is 0.305 e. The van der Waals surface area contributed by atoms with Crippen LogP contribution in [0.3, 0.4) is 0 Å². The number of rotatable bonds is 14. The third-order valence-electron chi connectivity index (χ3n) is 9.88. The number of esters is 1. The van der Waals surface area contributed by atoms with Gasteiger partial charge < -0.3 is 25.0 Å². The van der Waals surface area contributed by atoms with Gasteiger partial charge in [-0.25, -0.2) is 8.78 Å². The van der Waals surface area contributed by atoms with E-state index in [1.807, 2.05) is 48.5 Å². The minimum absolute atomic E-state index is 0.00258. The largest absolute Gasteiger partial charge is 0.488 e. The number of hydrogen-bond acceptors (Lipinski definition) is 6. The highest BCUT2D eigenvalue weighted by Gasteiger charge is 2.47. The van der Waals surface area contributed by atoms with Crippen LogP contribution >= 0.6 is 11.6 Å². The van der Waals surface area contributed by atoms with Crippen LogP contribution in [-0.4, -0.2) is 67.1 Å². The molecule has 8 nitrogen and oxygen atoms in total. The van der Waals surface area contributed by atoms with Crippen LogP contribution in [0.25, 0.3) is 5.57 Å². The topological polar surface area (TPSA) is 97.0 Å². The van der Waals surface area contributed by atoms with Gasteiger partial charge in [-0.15, -0.1) is 0 Å². The number of aryl methyl sites for hydroxylation is 1. The van der Waals surface area contributed by atoms with Crippen LogP contribution in [0.4, 0.5) is 13.2 Å². The second kappa shape index (κ2) is 15.9. The highest BCUT2D eigenvalue weighted by atomic mass is 35.5. The van der Waals surface area contributed by atoms with E-state index >= 15 is 0 Å². The van der Waals surface area contributed by atoms with Gasteiger partial charge in [-0.3, -0.25) is 14.4 Å². The van der Waals surface area contributed by atoms with E-state index in [0.29, 0.717) is 55.8 Å². The van der Waals surface area contributed by atoms with Gasteiger partial charge in [0.2, 0.25) is 17.6 Å². The fourth-order valence-electron chi connectivity index (χ4n) is 7.01. The molecular formula is C39H41ClF3N3O5. The molecule has 3 aliphatic rings. The van der Waals surface area contributed by atoms with E-state index in [1.165, 1.54) is 7.11 Å². The number of piperazine rings is 1. The van der Waals surface area contributed by atoms with Crippen LogP contribution in [0.15, 0.2) is 66.2 Å². The van der Waals surface area contributed by atoms with E-state index in [-0.39, 0.29) is 43.3 Å². The lowest BCUT2D eigenvalue weighted by Gasteiger charge is -2.44. The number of hydrogen-bond donors (Lipinski definition) is 2. The van der Waals surface area contributed by atoms with Gasteiger partial charge in [-0.2, -0.15) is 4.39 Å². The summed E-state index contributed by atoms with van der Waals surface area (Å²) in [5, 5.41) is 7.59. The van der Waals surface area contributed by atoms with E-state index in [0.717, 1.165) is 47.2 Å². The minimum Gasteiger partial charge on any atom is -0.488 e. The molecule has 0 unspecified atom stereocenters. The summed E-state index contributed by atoms with van der Waals surface area (Å²) in [6, 6.07) is 16.6. The molecule has 270 valence electrons. The number of methoxy groups -OCH3 is 1. The van der Waals surface area contributed by atoms with Crippen molar-refractivity contribution in [3.05, 3.63) is 105 Å². The van der Waals surface area contributed by atoms with E-state index in [2.05, 4.69) is 10.6 Å². The van der Waals surface area contributed by atoms with Crippen LogP contribution in [0.2, 0.25) is 5.02 Å². The minimum atomic E-state index is -1.35. The summed E-state index contributed by atoms with van der Waals surface area (Å²) in [5.41, 5.74) is 3.95. The lowest BCUT2D eigenvalue weighted by atomic mass is 9.82. The highest BCUT2D eigenvalue weighted by molar-refractivity contribution is 6.31. The van der Waals surface area contributed by atoms with Crippen molar-refractivity contribution in [1.82, 2.24) is 15.5 Å². The van der Waals surface area contributed by atoms with Crippen LogP contribution < -0.4 is 15.4 Å². The van der Waals surface area contributed by atoms with E-state index in [9.17, 15) is 27.6 Å². The Kier molecular flexibility index (Phi) is 11.4. The zero-order valence-corrected chi connectivity index (χ0v) is 29.2. The molecule has 0 spiro atoms. The molecule has 2 N–H and O–H groups in total. The molecule has 2 bridgehead atoms. The van der Waals surface area contributed by atoms with E-state index in [1.54, 1.807) is 4.90 Å². The predicted octanol–water partition coefficient (Wildman–Crippen LogP) is 6.33. The molecule has 2 amide bonds. The quantitative estimate of drug-likeness (QED) is 0.115. The third kappa shape index (κ3) is 8.76. The van der Waals surface area contributed by atoms with Crippen molar-refractivity contribution in [1.29, 1.82) is 0 Å². The zero-order valence-electron chi connectivity index (χ0n) is 28.4. The van der Waals surface area contributed by atoms with Gasteiger partial charge in [0.25, 0.3) is 0 Å². The molecule has 1 aliphatic carbocycles. The maximum absolute atomic E-state index is 14.3. The Morgan fingerprint density at radius 1 is 0.961 bits per heavy atom. The molecule has 3 aromatic rings. The molecule has 2 heterocycles. The van der Waals surface area contributed by atoms with Gasteiger partial charge in [-0.05, 0) is 85.4 Å². The molecule has 0 radical (unpaired) electrons. The molecule has 2 atom stereocenters. The second-order valence-electron chi connectivity index (χ2n) is 13.6. The number of ether oxygens (including phenoxy) is 2. The van der Waals surface area contributed by atoms with Crippen molar-refractivity contribution in [2.75, 3.05) is 26.8 Å². The second-order valence-corrected chi connectivity index (χ2v) is 14.0. The van der Waals surface area contributed by atoms with Gasteiger partial charge in [0, 0.05) is 48.1 Å². The molecule has 12 heteroatoms. The van der Waals surface area contributed by atoms with Gasteiger partial charge in [-0.1, -0.05) is 54.1 Å². The molecule has 6 rings (SSSR count). The first-order chi connectivity index (χ1) is 24.6. The van der Waals surface area contributed by atoms with Gasteiger partial charge in [0.05, 0.1) is 19.8 Å². The number of halogens is 4. The van der Waals surface area contributed by atoms with E-state index in [4.69, 9.17) is 21.1 Å². The summed E-state index contributed by atoms with van der Waals surface area (Å²) in [6.07, 6.45) is 4.56. The van der Waals surface area contributed by atoms with Gasteiger partial charge in [0.1, 0.15) is 0 Å². The summed E-state index contributed by atoms with van der Waals surface area (Å²) in [7, 11) is 1.32. The first-order valence-electron chi connectivity index (χ1n) is 17.3. The van der Waals surface area contributed by atoms with Crippen molar-refractivity contribution in [2.45, 2.75) is 75.4 Å². The first-order valence-corrected chi connectivity index (χ1v) is 17.7. The molecule has 1 saturated heterocycles. The molecule has 51 heavy (non-hydrogen) atoms. The van der Waals surface area contributed by atoms with Crippen LogP contribution in [-0.2, 0) is 32.0 Å². The summed E-state index contributed by atoms with van der Waals surface area (Å²) in [5.74, 6) is -4.79. The summed E-state index contributed by atoms with van der Waals surface area (Å²) in [6.45, 7) is 0.798. The fraction of sp³-hybridized carbons (Fsp3) is 0.410. The first kappa shape index (κ1) is 36.4. The SMILES string of the molecule is COC(=O)CCCC(=O)N1C[C@H]2CC(c3ccc(CCCOc4c(F)ccc(F)c4F)cc3)=C(C(=O)NC3(Cc4ccccc4Cl)CC3)[C@@H](C1)N2. The fourth-order valence-corrected chi connectivity index (χ4v) is 7.21. The zero-order chi connectivity index (χ0) is 36.1. The number of amides is 2. The highest BCUT2D eigenvalue weighted by Crippen LogP contribution is 2.41. The maximum atomic E-state index is 14.3. The molecule has 1 saturated carbocycles. The number of nitrogens with zero attached hydrogens (tertiary/aromatic N) is 1. The summed E-state index contributed by atoms with van der Waals surface area (Å²) >= 11 is 6.48. The third-order valence-corrected chi connectivity index (χ3v) is 10.2. The number of benzene rings is 3. The van der Waals surface area contributed by atoms with E-state index < -0.39 is 34.8 Å². The molecular weight excluding hydrogens is 683 g/mol. The number of carbonyl (C=O) groups excluding carboxylic acids is 3. The smallest absolute Gasteiger partial charge is 0.305 e. The van der Waals surface area contributed by atoms with Crippen molar-refractivity contribution in [3.63, 3.8) is 0 Å². The lowest BCUT2D eigenvalue weighted by Crippen LogP contribution is -2.62. The number of carbonyl (C=O) groups is 3. The van der Waals surface area contributed by atoms with Crippen molar-refractivity contribution in [3.8, 4) is 5.75 Å². The Labute approximate surface area is 300 Å². The Morgan fingerprint density at radius 3 is 2.43 bits per heavy atom. The molecule has 3 aromatic carbocycles. The standard InChI is InChI=1S/C39H41ClF3N3O5/c1-50-34(48)10-4-9-33(47)46-22-27-20-28(25-13-11-24(12-14-25)6-5-19-51-37-31(42)16-15-30(41)36(37)43)35(32(23-46)44-27)38(49)45-39(17-18-39)21-26-7-2-3-8-29(26)40/h2-3,7-8,11-16,27,32,44H,4-6,9-10,17-23H2,1H3,(H,45,49)/t27-,32-/m1/s1. The van der Waals surface area contributed by atoms with Crippen molar-refractivity contribution in [2.24, 2.45) is 0 Å². The number of fused-ring (bicyclic) bond motifs is 2. The monoisotopic (exact) mass is 723 g/mol. The number of nitrogens with one attached hydrogen (secondary N) is 2. The average molecular weight is 724 g/mol. The van der Waals surface area contributed by atoms with Gasteiger partial charge >= 0.3 is 5.97 Å². The lowest BCUT2D eigenvalue weighted by molar-refractivity contribution is -0.141. The molecule has 0 aromatic heterocycles. The molecule has 2 fully saturated rings. The van der Waals surface area contributed by atoms with Crippen molar-refractivity contribution < 1.29 is 37.0 Å². The summed E-state index contributed by atoms with van der Waals surface area (Å²) < 4.78 is 51.3. The average Bonchev–Trinajstić information content (AvgIpc) is 3.88. The Balaban J connectivity index is 1.18. The van der Waals surface area contributed by atoms with Crippen LogP contribution in [0.1, 0.15) is 61.6 Å². The Morgan fingerprint density at radius 2 is 1.71 bits per heavy atom. The van der Waals surface area contributed by atoms with Gasteiger partial charge in [0.15, 0.2) is 17.4 Å². The Hall–Kier alpha value is -4.35. The van der Waals surface area contributed by atoms with Crippen LogP contribution in [0.5, 0.6) is 5.75 Å². The normalized spacial score (nSPS) is 19.0. The Bertz CT molecular complexity index is 1810. The predicted molar refractivity (Wildman–Crippen MR) is 187 cm³/mol. The van der Waals surface area contributed by atoms with Crippen LogP contribution in [0, 0.1) is 17.5 Å². The van der Waals surface area contributed by atoms with Crippen molar-refractivity contribution >= 4 is 35.0 Å². The summed E-state index contributed by atoms with van der Waals surface area (Å²) in [4.78, 5) is 40.9.